The Morgan fingerprint density at radius 1 is 1.04 bits per heavy atom. The average molecular weight is 338 g/mol. The lowest BCUT2D eigenvalue weighted by molar-refractivity contribution is -0.121. The van der Waals surface area contributed by atoms with Gasteiger partial charge in [-0.25, -0.2) is 0 Å². The lowest BCUT2D eigenvalue weighted by atomic mass is 10.1. The van der Waals surface area contributed by atoms with Crippen LogP contribution in [0.5, 0.6) is 5.75 Å². The Labute approximate surface area is 147 Å². The van der Waals surface area contributed by atoms with E-state index < -0.39 is 0 Å². The van der Waals surface area contributed by atoms with Gasteiger partial charge in [0.1, 0.15) is 5.75 Å². The number of para-hydroxylation sites is 2. The van der Waals surface area contributed by atoms with Gasteiger partial charge in [-0.3, -0.25) is 9.59 Å². The number of hydrogen-bond donors (Lipinski definition) is 2. The standard InChI is InChI=1S/C20H22N2O3/c1-14-7-6-8-15(2)20(14)22-19(24)13-21-18(23)12-11-16-9-4-5-10-17(16)25-3/h4-12H,13H2,1-3H3,(H,21,23)(H,22,24)/b12-11+. The topological polar surface area (TPSA) is 67.4 Å². The molecule has 0 aliphatic heterocycles. The van der Waals surface area contributed by atoms with Crippen LogP contribution in [0, 0.1) is 13.8 Å². The summed E-state index contributed by atoms with van der Waals surface area (Å²) in [7, 11) is 1.57. The number of rotatable bonds is 6. The minimum Gasteiger partial charge on any atom is -0.496 e. The van der Waals surface area contributed by atoms with Gasteiger partial charge in [-0.2, -0.15) is 0 Å². The Morgan fingerprint density at radius 3 is 2.40 bits per heavy atom. The number of ether oxygens (including phenoxy) is 1. The van der Waals surface area contributed by atoms with Crippen LogP contribution in [0.4, 0.5) is 5.69 Å². The molecule has 0 fully saturated rings. The van der Waals surface area contributed by atoms with Crippen LogP contribution in [-0.2, 0) is 9.59 Å². The molecule has 0 aliphatic rings. The third-order valence-electron chi connectivity index (χ3n) is 3.72. The number of anilines is 1. The third-order valence-corrected chi connectivity index (χ3v) is 3.72. The summed E-state index contributed by atoms with van der Waals surface area (Å²) in [5.74, 6) is 0.0679. The highest BCUT2D eigenvalue weighted by molar-refractivity contribution is 5.98. The van der Waals surface area contributed by atoms with E-state index >= 15 is 0 Å². The molecule has 0 spiro atoms. The van der Waals surface area contributed by atoms with Gasteiger partial charge in [-0.1, -0.05) is 36.4 Å². The first-order valence-electron chi connectivity index (χ1n) is 7.96. The molecule has 0 radical (unpaired) electrons. The van der Waals surface area contributed by atoms with Crippen molar-refractivity contribution in [1.82, 2.24) is 5.32 Å². The summed E-state index contributed by atoms with van der Waals surface area (Å²) in [5, 5.41) is 5.40. The highest BCUT2D eigenvalue weighted by Crippen LogP contribution is 2.19. The molecule has 2 aromatic rings. The van der Waals surface area contributed by atoms with E-state index in [-0.39, 0.29) is 18.4 Å². The zero-order chi connectivity index (χ0) is 18.2. The van der Waals surface area contributed by atoms with Gasteiger partial charge >= 0.3 is 0 Å². The maximum absolute atomic E-state index is 12.0. The van der Waals surface area contributed by atoms with E-state index in [1.165, 1.54) is 6.08 Å². The number of hydrogen-bond acceptors (Lipinski definition) is 3. The molecule has 0 saturated carbocycles. The summed E-state index contributed by atoms with van der Waals surface area (Å²) in [6, 6.07) is 13.2. The highest BCUT2D eigenvalue weighted by atomic mass is 16.5. The number of benzene rings is 2. The summed E-state index contributed by atoms with van der Waals surface area (Å²) in [4.78, 5) is 23.9. The molecular formula is C20H22N2O3. The van der Waals surface area contributed by atoms with Crippen molar-refractivity contribution >= 4 is 23.6 Å². The molecule has 5 nitrogen and oxygen atoms in total. The first-order chi connectivity index (χ1) is 12.0. The van der Waals surface area contributed by atoms with Crippen molar-refractivity contribution in [1.29, 1.82) is 0 Å². The van der Waals surface area contributed by atoms with Crippen LogP contribution in [0.15, 0.2) is 48.5 Å². The molecule has 0 saturated heterocycles. The number of aryl methyl sites for hydroxylation is 2. The lowest BCUT2D eigenvalue weighted by Crippen LogP contribution is -2.32. The third kappa shape index (κ3) is 5.21. The molecule has 0 aliphatic carbocycles. The van der Waals surface area contributed by atoms with Crippen molar-refractivity contribution in [2.24, 2.45) is 0 Å². The monoisotopic (exact) mass is 338 g/mol. The summed E-state index contributed by atoms with van der Waals surface area (Å²) in [6.07, 6.45) is 3.03. The molecule has 25 heavy (non-hydrogen) atoms. The molecule has 2 amide bonds. The maximum atomic E-state index is 12.0. The SMILES string of the molecule is COc1ccccc1/C=C/C(=O)NCC(=O)Nc1c(C)cccc1C. The Morgan fingerprint density at radius 2 is 1.72 bits per heavy atom. The average Bonchev–Trinajstić information content (AvgIpc) is 2.61. The molecule has 0 bridgehead atoms. The number of carbonyl (C=O) groups is 2. The van der Waals surface area contributed by atoms with Crippen molar-refractivity contribution in [3.05, 3.63) is 65.2 Å². The van der Waals surface area contributed by atoms with Crippen LogP contribution in [0.1, 0.15) is 16.7 Å². The van der Waals surface area contributed by atoms with E-state index in [9.17, 15) is 9.59 Å². The molecule has 0 heterocycles. The van der Waals surface area contributed by atoms with Crippen molar-refractivity contribution in [3.8, 4) is 5.75 Å². The van der Waals surface area contributed by atoms with Gasteiger partial charge in [-0.05, 0) is 37.1 Å². The van der Waals surface area contributed by atoms with Crippen LogP contribution in [0.3, 0.4) is 0 Å². The van der Waals surface area contributed by atoms with Gasteiger partial charge in [0.2, 0.25) is 11.8 Å². The molecule has 2 rings (SSSR count). The van der Waals surface area contributed by atoms with Crippen LogP contribution in [-0.4, -0.2) is 25.5 Å². The summed E-state index contributed by atoms with van der Waals surface area (Å²) in [5.41, 5.74) is 3.54. The van der Waals surface area contributed by atoms with Crippen molar-refractivity contribution in [2.75, 3.05) is 19.0 Å². The number of nitrogens with one attached hydrogen (secondary N) is 2. The molecule has 0 aromatic heterocycles. The number of carbonyl (C=O) groups excluding carboxylic acids is 2. The Kier molecular flexibility index (Phi) is 6.34. The smallest absolute Gasteiger partial charge is 0.244 e. The molecule has 0 atom stereocenters. The highest BCUT2D eigenvalue weighted by Gasteiger charge is 2.08. The van der Waals surface area contributed by atoms with Crippen LogP contribution < -0.4 is 15.4 Å². The quantitative estimate of drug-likeness (QED) is 0.796. The minimum atomic E-state index is -0.345. The first kappa shape index (κ1) is 18.3. The normalized spacial score (nSPS) is 10.5. The molecule has 2 N–H and O–H groups in total. The second kappa shape index (κ2) is 8.68. The van der Waals surface area contributed by atoms with Gasteiger partial charge < -0.3 is 15.4 Å². The van der Waals surface area contributed by atoms with E-state index in [1.54, 1.807) is 13.2 Å². The Hall–Kier alpha value is -3.08. The first-order valence-corrected chi connectivity index (χ1v) is 7.96. The van der Waals surface area contributed by atoms with Gasteiger partial charge in [0.05, 0.1) is 13.7 Å². The lowest BCUT2D eigenvalue weighted by Gasteiger charge is -2.11. The minimum absolute atomic E-state index is 0.0944. The molecule has 130 valence electrons. The predicted octanol–water partition coefficient (Wildman–Crippen LogP) is 3.08. The van der Waals surface area contributed by atoms with Crippen molar-refractivity contribution < 1.29 is 14.3 Å². The molecule has 5 heteroatoms. The molecular weight excluding hydrogens is 316 g/mol. The molecule has 2 aromatic carbocycles. The second-order valence-corrected chi connectivity index (χ2v) is 5.61. The van der Waals surface area contributed by atoms with Crippen molar-refractivity contribution in [2.45, 2.75) is 13.8 Å². The summed E-state index contributed by atoms with van der Waals surface area (Å²) >= 11 is 0. The van der Waals surface area contributed by atoms with Crippen LogP contribution >= 0.6 is 0 Å². The zero-order valence-electron chi connectivity index (χ0n) is 14.6. The predicted molar refractivity (Wildman–Crippen MR) is 99.6 cm³/mol. The Balaban J connectivity index is 1.89. The van der Waals surface area contributed by atoms with Gasteiger partial charge in [0.25, 0.3) is 0 Å². The van der Waals surface area contributed by atoms with E-state index in [4.69, 9.17) is 4.74 Å². The second-order valence-electron chi connectivity index (χ2n) is 5.61. The summed E-state index contributed by atoms with van der Waals surface area (Å²) < 4.78 is 5.22. The fourth-order valence-electron chi connectivity index (χ4n) is 2.39. The van der Waals surface area contributed by atoms with E-state index in [1.807, 2.05) is 56.3 Å². The fraction of sp³-hybridized carbons (Fsp3) is 0.200. The van der Waals surface area contributed by atoms with E-state index in [2.05, 4.69) is 10.6 Å². The van der Waals surface area contributed by atoms with E-state index in [0.29, 0.717) is 5.75 Å². The van der Waals surface area contributed by atoms with E-state index in [0.717, 1.165) is 22.4 Å². The largest absolute Gasteiger partial charge is 0.496 e. The van der Waals surface area contributed by atoms with Crippen molar-refractivity contribution in [3.63, 3.8) is 0 Å². The van der Waals surface area contributed by atoms with Gasteiger partial charge in [-0.15, -0.1) is 0 Å². The zero-order valence-corrected chi connectivity index (χ0v) is 14.6. The van der Waals surface area contributed by atoms with Gasteiger partial charge in [0, 0.05) is 17.3 Å². The number of amides is 2. The summed E-state index contributed by atoms with van der Waals surface area (Å²) in [6.45, 7) is 3.76. The Bertz CT molecular complexity index is 777. The van der Waals surface area contributed by atoms with Crippen LogP contribution in [0.25, 0.3) is 6.08 Å². The van der Waals surface area contributed by atoms with Crippen LogP contribution in [0.2, 0.25) is 0 Å². The fourth-order valence-corrected chi connectivity index (χ4v) is 2.39. The number of methoxy groups -OCH3 is 1. The maximum Gasteiger partial charge on any atom is 0.244 e. The van der Waals surface area contributed by atoms with Gasteiger partial charge in [0.15, 0.2) is 0 Å². The molecule has 0 unspecified atom stereocenters.